The van der Waals surface area contributed by atoms with E-state index >= 15 is 4.79 Å². The van der Waals surface area contributed by atoms with Crippen LogP contribution in [0.3, 0.4) is 0 Å². The highest BCUT2D eigenvalue weighted by molar-refractivity contribution is 6.03. The largest absolute Gasteiger partial charge is 0.497 e. The van der Waals surface area contributed by atoms with Crippen LogP contribution in [0.1, 0.15) is 81.3 Å². The predicted molar refractivity (Wildman–Crippen MR) is 276 cm³/mol. The number of hydrogen-bond donors (Lipinski definition) is 3. The van der Waals surface area contributed by atoms with Gasteiger partial charge in [-0.05, 0) is 116 Å². The summed E-state index contributed by atoms with van der Waals surface area (Å²) in [6.45, 7) is 4.46. The third-order valence-corrected chi connectivity index (χ3v) is 14.6. The summed E-state index contributed by atoms with van der Waals surface area (Å²) in [7, 11) is 3.01. The van der Waals surface area contributed by atoms with Crippen LogP contribution >= 0.6 is 0 Å². The molecule has 3 N–H and O–H groups in total. The molecule has 4 aromatic carbocycles. The zero-order valence-corrected chi connectivity index (χ0v) is 42.6. The first-order valence-corrected chi connectivity index (χ1v) is 25.7. The van der Waals surface area contributed by atoms with Crippen LogP contribution in [0.15, 0.2) is 108 Å². The van der Waals surface area contributed by atoms with E-state index in [4.69, 9.17) is 52.6 Å². The predicted octanol–water partition coefficient (Wildman–Crippen LogP) is 9.81. The number of anilines is 1. The van der Waals surface area contributed by atoms with Crippen LogP contribution in [0, 0.1) is 27.9 Å². The number of nitrogens with zero attached hydrogens (tertiary/aromatic N) is 3. The minimum Gasteiger partial charge on any atom is -0.497 e. The van der Waals surface area contributed by atoms with Crippen molar-refractivity contribution in [3.05, 3.63) is 124 Å². The van der Waals surface area contributed by atoms with E-state index in [1.807, 2.05) is 6.07 Å². The number of unbranched alkanes of at least 4 members (excludes halogenated alkanes) is 2. The summed E-state index contributed by atoms with van der Waals surface area (Å²) >= 11 is 0. The Labute approximate surface area is 440 Å². The molecule has 2 amide bonds. The molecule has 1 unspecified atom stereocenters. The smallest absolute Gasteiger partial charge is 0.417 e. The van der Waals surface area contributed by atoms with Crippen molar-refractivity contribution >= 4 is 29.3 Å². The lowest BCUT2D eigenvalue weighted by molar-refractivity contribution is -0.384. The normalized spacial score (nSPS) is 23.4. The maximum atomic E-state index is 15.3. The van der Waals surface area contributed by atoms with E-state index in [-0.39, 0.29) is 68.6 Å². The second kappa shape index (κ2) is 24.5. The number of aliphatic hydroxyl groups excluding tert-OH is 2. The van der Waals surface area contributed by atoms with Gasteiger partial charge in [0, 0.05) is 62.3 Å². The zero-order valence-electron chi connectivity index (χ0n) is 42.6. The van der Waals surface area contributed by atoms with Gasteiger partial charge in [0.05, 0.1) is 49.7 Å². The van der Waals surface area contributed by atoms with Gasteiger partial charge in [-0.1, -0.05) is 36.2 Å². The number of benzene rings is 4. The molecule has 4 aromatic rings. The van der Waals surface area contributed by atoms with E-state index in [0.717, 1.165) is 18.4 Å². The Kier molecular flexibility index (Phi) is 17.2. The lowest BCUT2D eigenvalue weighted by Crippen LogP contribution is -2.70. The SMILES string of the molecule is C=CCO[C@@]12Oc3ccc(OC(=O)Nc4ccc(OC)cc4OC)cc3[C@H]3[C@H](CCCCO)[C@@H](CCCCO)C=C(C(=NOC4CCCCO4)C[C@@H]1N(Cc1ccc4c(c1)OCO4)C(=O)Oc1ccc([N+](=O)[O-])cc1)[C@H]32. The quantitative estimate of drug-likeness (QED) is 0.0287. The highest BCUT2D eigenvalue weighted by Gasteiger charge is 2.66. The number of allylic oxidation sites excluding steroid dienone is 1. The fraction of sp³-hybridized carbons (Fsp3) is 0.446. The van der Waals surface area contributed by atoms with Gasteiger partial charge in [0.15, 0.2) is 11.5 Å². The van der Waals surface area contributed by atoms with Gasteiger partial charge in [0.1, 0.15) is 34.8 Å². The summed E-state index contributed by atoms with van der Waals surface area (Å²) < 4.78 is 55.1. The molecule has 20 heteroatoms. The number of oxime groups is 1. The van der Waals surface area contributed by atoms with Crippen molar-refractivity contribution in [3.8, 4) is 40.2 Å². The van der Waals surface area contributed by atoms with Crippen molar-refractivity contribution in [2.45, 2.75) is 94.8 Å². The second-order valence-electron chi connectivity index (χ2n) is 19.2. The first-order chi connectivity index (χ1) is 37.1. The number of carbonyl (C=O) groups excluding carboxylic acids is 2. The van der Waals surface area contributed by atoms with Crippen molar-refractivity contribution < 1.29 is 72.2 Å². The molecular weight excluding hydrogens is 985 g/mol. The molecule has 1 saturated heterocycles. The number of methoxy groups -OCH3 is 2. The minimum atomic E-state index is -1.72. The van der Waals surface area contributed by atoms with Gasteiger partial charge >= 0.3 is 12.2 Å². The molecule has 0 spiro atoms. The van der Waals surface area contributed by atoms with E-state index in [2.05, 4.69) is 18.0 Å². The molecule has 3 aliphatic heterocycles. The van der Waals surface area contributed by atoms with Gasteiger partial charge in [-0.15, -0.1) is 6.58 Å². The molecule has 404 valence electrons. The number of rotatable bonds is 22. The monoisotopic (exact) mass is 1050 g/mol. The molecule has 5 aliphatic rings. The summed E-state index contributed by atoms with van der Waals surface area (Å²) in [5.41, 5.74) is 2.80. The Bertz CT molecular complexity index is 2780. The number of fused-ring (bicyclic) bond motifs is 3. The van der Waals surface area contributed by atoms with Crippen molar-refractivity contribution in [2.24, 2.45) is 22.9 Å². The van der Waals surface area contributed by atoms with Crippen molar-refractivity contribution in [3.63, 3.8) is 0 Å². The van der Waals surface area contributed by atoms with Crippen LogP contribution in [0.2, 0.25) is 0 Å². The Morgan fingerprint density at radius 3 is 2.39 bits per heavy atom. The van der Waals surface area contributed by atoms with Crippen LogP contribution in [0.4, 0.5) is 21.0 Å². The highest BCUT2D eigenvalue weighted by Crippen LogP contribution is 2.62. The number of amides is 2. The molecule has 7 atom stereocenters. The summed E-state index contributed by atoms with van der Waals surface area (Å²) in [6.07, 6.45) is 7.80. The fourth-order valence-corrected chi connectivity index (χ4v) is 11.1. The zero-order chi connectivity index (χ0) is 53.2. The van der Waals surface area contributed by atoms with Crippen molar-refractivity contribution in [1.29, 1.82) is 0 Å². The number of carbonyl (C=O) groups is 2. The number of ether oxygens (including phenoxy) is 9. The van der Waals surface area contributed by atoms with Crippen molar-refractivity contribution in [2.75, 3.05) is 52.8 Å². The van der Waals surface area contributed by atoms with Crippen LogP contribution in [-0.4, -0.2) is 103 Å². The topological polar surface area (TPSA) is 238 Å². The number of non-ortho nitro benzene ring substituents is 1. The van der Waals surface area contributed by atoms with Crippen LogP contribution in [0.25, 0.3) is 0 Å². The number of nitro groups is 1. The third kappa shape index (κ3) is 11.7. The van der Waals surface area contributed by atoms with Gasteiger partial charge in [-0.2, -0.15) is 0 Å². The van der Waals surface area contributed by atoms with E-state index in [9.17, 15) is 25.1 Å². The Balaban J connectivity index is 1.21. The van der Waals surface area contributed by atoms with E-state index in [1.54, 1.807) is 54.6 Å². The van der Waals surface area contributed by atoms with E-state index in [0.29, 0.717) is 103 Å². The second-order valence-corrected chi connectivity index (χ2v) is 19.2. The highest BCUT2D eigenvalue weighted by atomic mass is 16.8. The number of nitrogens with one attached hydrogen (secondary N) is 1. The molecule has 0 radical (unpaired) electrons. The summed E-state index contributed by atoms with van der Waals surface area (Å²) in [4.78, 5) is 48.0. The minimum absolute atomic E-state index is 0.0135. The van der Waals surface area contributed by atoms with Crippen LogP contribution in [-0.2, 0) is 20.9 Å². The van der Waals surface area contributed by atoms with Gasteiger partial charge in [-0.25, -0.2) is 9.59 Å². The number of hydrogen-bond acceptors (Lipinski definition) is 17. The average Bonchev–Trinajstić information content (AvgIpc) is 4.02. The summed E-state index contributed by atoms with van der Waals surface area (Å²) in [6, 6.07) is 19.7. The van der Waals surface area contributed by atoms with Gasteiger partial charge in [0.25, 0.3) is 5.69 Å². The third-order valence-electron chi connectivity index (χ3n) is 14.6. The lowest BCUT2D eigenvalue weighted by atomic mass is 9.55. The molecule has 2 aliphatic carbocycles. The molecule has 20 nitrogen and oxygen atoms in total. The molecule has 1 saturated carbocycles. The molecule has 0 aromatic heterocycles. The molecule has 0 bridgehead atoms. The van der Waals surface area contributed by atoms with E-state index in [1.165, 1.54) is 43.4 Å². The summed E-state index contributed by atoms with van der Waals surface area (Å²) in [5.74, 6) is -0.650. The van der Waals surface area contributed by atoms with Gasteiger partial charge in [-0.3, -0.25) is 20.3 Å². The molecule has 9 rings (SSSR count). The van der Waals surface area contributed by atoms with Gasteiger partial charge in [0.2, 0.25) is 18.9 Å². The van der Waals surface area contributed by atoms with E-state index < -0.39 is 47.1 Å². The number of nitro benzene ring substituents is 1. The first kappa shape index (κ1) is 53.4. The summed E-state index contributed by atoms with van der Waals surface area (Å²) in [5, 5.41) is 39.6. The fourth-order valence-electron chi connectivity index (χ4n) is 11.1. The molecule has 3 heterocycles. The molecule has 76 heavy (non-hydrogen) atoms. The Morgan fingerprint density at radius 2 is 1.66 bits per heavy atom. The van der Waals surface area contributed by atoms with Crippen molar-refractivity contribution in [1.82, 2.24) is 4.90 Å². The lowest BCUT2D eigenvalue weighted by Gasteiger charge is -2.59. The standard InChI is InChI=1S/C56H64N4O16/c1-4-26-72-56-50(59(33-35-14-22-47-49(28-35)71-34-70-47)55(64)74-38-17-15-37(16-18-38)60(65)66)32-45(58-76-51-13-7-10-27-69-51)42-29-36(11-5-8-24-61)41(12-6-9-25-62)52(53(42)56)43-30-40(20-23-46(43)75-56)73-54(63)57-44-21-19-39(67-2)31-48(44)68-3/h4,14-23,28-31,36,41,50-53,61-62H,1,5-13,24-27,32-34H2,2-3H3,(H,57,63)/t36-,41+,50-,51?,52+,53+,56+/m0/s1. The maximum absolute atomic E-state index is 15.3. The van der Waals surface area contributed by atoms with Crippen LogP contribution < -0.4 is 38.5 Å². The van der Waals surface area contributed by atoms with Gasteiger partial charge < -0.3 is 57.7 Å². The maximum Gasteiger partial charge on any atom is 0.417 e. The Morgan fingerprint density at radius 1 is 0.895 bits per heavy atom. The van der Waals surface area contributed by atoms with Crippen LogP contribution in [0.5, 0.6) is 40.2 Å². The average molecular weight is 1050 g/mol. The first-order valence-electron chi connectivity index (χ1n) is 25.7. The molecule has 2 fully saturated rings. The number of aliphatic hydroxyl groups is 2. The molecular formula is C56H64N4O16. The Hall–Kier alpha value is -7.39.